The van der Waals surface area contributed by atoms with Crippen LogP contribution >= 0.6 is 11.6 Å². The average molecular weight is 252 g/mol. The summed E-state index contributed by atoms with van der Waals surface area (Å²) >= 11 is 5.77. The second-order valence-electron chi connectivity index (χ2n) is 3.82. The van der Waals surface area contributed by atoms with Crippen LogP contribution in [0.2, 0.25) is 5.28 Å². The zero-order valence-corrected chi connectivity index (χ0v) is 10.6. The highest BCUT2D eigenvalue weighted by molar-refractivity contribution is 6.28. The minimum Gasteiger partial charge on any atom is -0.370 e. The normalized spacial score (nSPS) is 10.5. The molecule has 6 heteroatoms. The first kappa shape index (κ1) is 11.9. The second kappa shape index (κ2) is 5.14. The highest BCUT2D eigenvalue weighted by Crippen LogP contribution is 2.09. The number of halogens is 1. The molecule has 0 aromatic carbocycles. The minimum atomic E-state index is 0.269. The van der Waals surface area contributed by atoms with Gasteiger partial charge in [-0.15, -0.1) is 0 Å². The van der Waals surface area contributed by atoms with E-state index in [2.05, 4.69) is 20.4 Å². The Morgan fingerprint density at radius 1 is 1.41 bits per heavy atom. The third kappa shape index (κ3) is 3.42. The molecule has 0 saturated carbocycles. The van der Waals surface area contributed by atoms with Crippen LogP contribution in [0.25, 0.3) is 0 Å². The Morgan fingerprint density at radius 2 is 2.24 bits per heavy atom. The van der Waals surface area contributed by atoms with Crippen molar-refractivity contribution in [3.63, 3.8) is 0 Å². The molecule has 90 valence electrons. The van der Waals surface area contributed by atoms with Gasteiger partial charge < -0.3 is 5.32 Å². The van der Waals surface area contributed by atoms with E-state index in [1.165, 1.54) is 0 Å². The fraction of sp³-hybridized carbons (Fsp3) is 0.364. The molecule has 17 heavy (non-hydrogen) atoms. The van der Waals surface area contributed by atoms with Crippen LogP contribution in [0, 0.1) is 6.92 Å². The standard InChI is InChI=1S/C11H14ClN5/c1-8-7-10(15-11(12)14-8)13-5-3-9-4-6-17(2)16-9/h4,6-7H,3,5H2,1-2H3,(H,13,14,15). The predicted molar refractivity (Wildman–Crippen MR) is 67.2 cm³/mol. The van der Waals surface area contributed by atoms with Crippen molar-refractivity contribution in [3.8, 4) is 0 Å². The quantitative estimate of drug-likeness (QED) is 0.843. The van der Waals surface area contributed by atoms with Crippen molar-refractivity contribution < 1.29 is 0 Å². The molecule has 0 aliphatic heterocycles. The molecule has 0 atom stereocenters. The molecule has 0 aliphatic carbocycles. The van der Waals surface area contributed by atoms with Crippen LogP contribution < -0.4 is 5.32 Å². The lowest BCUT2D eigenvalue weighted by atomic mass is 10.3. The van der Waals surface area contributed by atoms with Gasteiger partial charge in [-0.25, -0.2) is 9.97 Å². The molecule has 0 fully saturated rings. The molecule has 1 N–H and O–H groups in total. The molecule has 5 nitrogen and oxygen atoms in total. The highest BCUT2D eigenvalue weighted by Gasteiger charge is 2.00. The summed E-state index contributed by atoms with van der Waals surface area (Å²) in [7, 11) is 1.91. The van der Waals surface area contributed by atoms with Crippen molar-refractivity contribution in [2.24, 2.45) is 7.05 Å². The summed E-state index contributed by atoms with van der Waals surface area (Å²) in [4.78, 5) is 8.09. The Morgan fingerprint density at radius 3 is 2.88 bits per heavy atom. The third-order valence-corrected chi connectivity index (χ3v) is 2.45. The molecule has 0 aliphatic rings. The van der Waals surface area contributed by atoms with Gasteiger partial charge in [-0.3, -0.25) is 4.68 Å². The van der Waals surface area contributed by atoms with Crippen LogP contribution in [0.5, 0.6) is 0 Å². The van der Waals surface area contributed by atoms with Crippen molar-refractivity contribution in [3.05, 3.63) is 35.0 Å². The predicted octanol–water partition coefficient (Wildman–Crippen LogP) is 1.83. The first-order valence-corrected chi connectivity index (χ1v) is 5.75. The van der Waals surface area contributed by atoms with Gasteiger partial charge in [-0.2, -0.15) is 5.10 Å². The number of hydrogen-bond donors (Lipinski definition) is 1. The molecule has 2 rings (SSSR count). The number of nitrogens with one attached hydrogen (secondary N) is 1. The van der Waals surface area contributed by atoms with Crippen LogP contribution in [0.4, 0.5) is 5.82 Å². The average Bonchev–Trinajstić information content (AvgIpc) is 2.63. The summed E-state index contributed by atoms with van der Waals surface area (Å²) in [5, 5.41) is 7.76. The molecule has 2 aromatic heterocycles. The van der Waals surface area contributed by atoms with Crippen molar-refractivity contribution in [1.29, 1.82) is 0 Å². The van der Waals surface area contributed by atoms with Gasteiger partial charge in [0.05, 0.1) is 5.69 Å². The van der Waals surface area contributed by atoms with E-state index in [1.807, 2.05) is 32.3 Å². The van der Waals surface area contributed by atoms with Gasteiger partial charge in [0.2, 0.25) is 5.28 Å². The van der Waals surface area contributed by atoms with E-state index in [-0.39, 0.29) is 5.28 Å². The number of aryl methyl sites for hydroxylation is 2. The molecule has 0 unspecified atom stereocenters. The van der Waals surface area contributed by atoms with E-state index in [0.717, 1.165) is 30.2 Å². The van der Waals surface area contributed by atoms with E-state index < -0.39 is 0 Å². The molecule has 0 saturated heterocycles. The van der Waals surface area contributed by atoms with Gasteiger partial charge in [0.25, 0.3) is 0 Å². The summed E-state index contributed by atoms with van der Waals surface area (Å²) in [6.45, 7) is 2.65. The Labute approximate surface area is 105 Å². The highest BCUT2D eigenvalue weighted by atomic mass is 35.5. The Balaban J connectivity index is 1.89. The summed E-state index contributed by atoms with van der Waals surface area (Å²) in [5.41, 5.74) is 1.90. The summed E-state index contributed by atoms with van der Waals surface area (Å²) in [6, 6.07) is 3.87. The summed E-state index contributed by atoms with van der Waals surface area (Å²) < 4.78 is 1.79. The minimum absolute atomic E-state index is 0.269. The molecular formula is C11H14ClN5. The molecule has 0 spiro atoms. The van der Waals surface area contributed by atoms with Crippen LogP contribution in [-0.2, 0) is 13.5 Å². The van der Waals surface area contributed by atoms with Crippen molar-refractivity contribution in [2.45, 2.75) is 13.3 Å². The van der Waals surface area contributed by atoms with Gasteiger partial charge in [0.1, 0.15) is 5.82 Å². The van der Waals surface area contributed by atoms with Crippen molar-refractivity contribution in [2.75, 3.05) is 11.9 Å². The number of nitrogens with zero attached hydrogens (tertiary/aromatic N) is 4. The maximum Gasteiger partial charge on any atom is 0.224 e. The number of anilines is 1. The lowest BCUT2D eigenvalue weighted by Crippen LogP contribution is -2.07. The Kier molecular flexibility index (Phi) is 3.58. The lowest BCUT2D eigenvalue weighted by molar-refractivity contribution is 0.742. The van der Waals surface area contributed by atoms with Crippen LogP contribution in [-0.4, -0.2) is 26.3 Å². The zero-order chi connectivity index (χ0) is 12.3. The fourth-order valence-corrected chi connectivity index (χ4v) is 1.76. The molecule has 2 aromatic rings. The molecule has 2 heterocycles. The van der Waals surface area contributed by atoms with Crippen LogP contribution in [0.3, 0.4) is 0 Å². The zero-order valence-electron chi connectivity index (χ0n) is 9.81. The molecule has 0 amide bonds. The number of hydrogen-bond acceptors (Lipinski definition) is 4. The maximum absolute atomic E-state index is 5.77. The Bertz CT molecular complexity index is 488. The van der Waals surface area contributed by atoms with E-state index >= 15 is 0 Å². The third-order valence-electron chi connectivity index (χ3n) is 2.28. The number of rotatable bonds is 4. The topological polar surface area (TPSA) is 55.6 Å². The van der Waals surface area contributed by atoms with Gasteiger partial charge in [-0.05, 0) is 24.6 Å². The number of aromatic nitrogens is 4. The summed E-state index contributed by atoms with van der Waals surface area (Å²) in [5.74, 6) is 0.749. The lowest BCUT2D eigenvalue weighted by Gasteiger charge is -2.05. The first-order chi connectivity index (χ1) is 8.13. The van der Waals surface area contributed by atoms with Gasteiger partial charge >= 0.3 is 0 Å². The maximum atomic E-state index is 5.77. The molecule has 0 radical (unpaired) electrons. The van der Waals surface area contributed by atoms with E-state index in [1.54, 1.807) is 4.68 Å². The first-order valence-electron chi connectivity index (χ1n) is 5.37. The van der Waals surface area contributed by atoms with Gasteiger partial charge in [-0.1, -0.05) is 0 Å². The fourth-order valence-electron chi connectivity index (χ4n) is 1.54. The Hall–Kier alpha value is -1.62. The van der Waals surface area contributed by atoms with Crippen molar-refractivity contribution in [1.82, 2.24) is 19.7 Å². The van der Waals surface area contributed by atoms with Gasteiger partial charge in [0, 0.05) is 38.0 Å². The van der Waals surface area contributed by atoms with E-state index in [0.29, 0.717) is 0 Å². The molecular weight excluding hydrogens is 238 g/mol. The SMILES string of the molecule is Cc1cc(NCCc2ccn(C)n2)nc(Cl)n1. The van der Waals surface area contributed by atoms with Gasteiger partial charge in [0.15, 0.2) is 0 Å². The summed E-state index contributed by atoms with van der Waals surface area (Å²) in [6.07, 6.45) is 2.78. The monoisotopic (exact) mass is 251 g/mol. The van der Waals surface area contributed by atoms with Crippen molar-refractivity contribution >= 4 is 17.4 Å². The smallest absolute Gasteiger partial charge is 0.224 e. The second-order valence-corrected chi connectivity index (χ2v) is 4.16. The molecule has 0 bridgehead atoms. The van der Waals surface area contributed by atoms with E-state index in [9.17, 15) is 0 Å². The largest absolute Gasteiger partial charge is 0.370 e. The van der Waals surface area contributed by atoms with Crippen LogP contribution in [0.1, 0.15) is 11.4 Å². The van der Waals surface area contributed by atoms with E-state index in [4.69, 9.17) is 11.6 Å². The van der Waals surface area contributed by atoms with Crippen LogP contribution in [0.15, 0.2) is 18.3 Å².